The molecule has 0 saturated carbocycles. The molecule has 0 fully saturated rings. The Hall–Kier alpha value is -2.87. The molecule has 2 unspecified atom stereocenters. The van der Waals surface area contributed by atoms with Gasteiger partial charge in [0.1, 0.15) is 6.10 Å². The summed E-state index contributed by atoms with van der Waals surface area (Å²) in [6.07, 6.45) is 0.832. The molecule has 118 valence electrons. The molecule has 3 aromatic rings. The van der Waals surface area contributed by atoms with Gasteiger partial charge >= 0.3 is 0 Å². The van der Waals surface area contributed by atoms with E-state index in [0.29, 0.717) is 0 Å². The van der Waals surface area contributed by atoms with Crippen LogP contribution in [0.15, 0.2) is 96.0 Å². The number of hydrogen-bond acceptors (Lipinski definition) is 2. The second-order valence-electron chi connectivity index (χ2n) is 6.01. The molecule has 3 aromatic carbocycles. The maximum Gasteiger partial charge on any atom is 0.217 e. The van der Waals surface area contributed by atoms with Crippen LogP contribution < -0.4 is 0 Å². The first-order valence-corrected chi connectivity index (χ1v) is 8.29. The molecular weight excluding hydrogens is 294 g/mol. The Kier molecular flexibility index (Phi) is 4.11. The van der Waals surface area contributed by atoms with Crippen molar-refractivity contribution in [2.45, 2.75) is 18.6 Å². The number of rotatable bonds is 4. The highest BCUT2D eigenvalue weighted by molar-refractivity contribution is 5.95. The minimum Gasteiger partial charge on any atom is -0.467 e. The molecule has 2 atom stereocenters. The minimum absolute atomic E-state index is 0.0402. The van der Waals surface area contributed by atoms with Gasteiger partial charge in [-0.15, -0.1) is 0 Å². The van der Waals surface area contributed by atoms with E-state index in [2.05, 4.69) is 48.5 Å². The van der Waals surface area contributed by atoms with Crippen molar-refractivity contribution in [2.75, 3.05) is 0 Å². The van der Waals surface area contributed by atoms with E-state index in [1.807, 2.05) is 42.5 Å². The van der Waals surface area contributed by atoms with E-state index in [9.17, 15) is 0 Å². The summed E-state index contributed by atoms with van der Waals surface area (Å²) in [5.41, 5.74) is 3.49. The lowest BCUT2D eigenvalue weighted by molar-refractivity contribution is 0.195. The van der Waals surface area contributed by atoms with Gasteiger partial charge in [0.25, 0.3) is 0 Å². The molecule has 0 aromatic heterocycles. The van der Waals surface area contributed by atoms with E-state index in [4.69, 9.17) is 9.73 Å². The highest BCUT2D eigenvalue weighted by Gasteiger charge is 2.32. The Bertz CT molecular complexity index is 812. The predicted molar refractivity (Wildman–Crippen MR) is 97.2 cm³/mol. The third-order valence-corrected chi connectivity index (χ3v) is 4.31. The Morgan fingerprint density at radius 1 is 0.708 bits per heavy atom. The molecule has 4 rings (SSSR count). The fraction of sp³-hybridized carbons (Fsp3) is 0.136. The summed E-state index contributed by atoms with van der Waals surface area (Å²) in [5, 5.41) is 0. The second kappa shape index (κ2) is 6.71. The number of nitrogens with zero attached hydrogens (tertiary/aromatic N) is 1. The van der Waals surface area contributed by atoms with Crippen molar-refractivity contribution in [3.05, 3.63) is 108 Å². The fourth-order valence-electron chi connectivity index (χ4n) is 3.11. The molecule has 1 aliphatic rings. The zero-order valence-electron chi connectivity index (χ0n) is 13.4. The van der Waals surface area contributed by atoms with Gasteiger partial charge in [-0.1, -0.05) is 78.9 Å². The molecule has 1 aliphatic heterocycles. The zero-order chi connectivity index (χ0) is 16.2. The van der Waals surface area contributed by atoms with Crippen LogP contribution in [0.4, 0.5) is 0 Å². The van der Waals surface area contributed by atoms with Gasteiger partial charge in [-0.25, -0.2) is 4.99 Å². The van der Waals surface area contributed by atoms with Gasteiger partial charge in [0.2, 0.25) is 5.90 Å². The molecule has 2 heteroatoms. The molecule has 0 saturated heterocycles. The molecule has 0 spiro atoms. The van der Waals surface area contributed by atoms with Crippen LogP contribution in [0.2, 0.25) is 0 Å². The van der Waals surface area contributed by atoms with Crippen molar-refractivity contribution in [3.8, 4) is 0 Å². The Balaban J connectivity index is 1.66. The highest BCUT2D eigenvalue weighted by Crippen LogP contribution is 2.32. The van der Waals surface area contributed by atoms with Gasteiger partial charge < -0.3 is 4.74 Å². The summed E-state index contributed by atoms with van der Waals surface area (Å²) in [7, 11) is 0. The standard InChI is InChI=1S/C22H19NO/c1-4-10-17(11-5-1)16-20-21(18-12-6-2-7-13-18)24-22(23-20)19-14-8-3-9-15-19/h1-15,20-21H,16H2. The predicted octanol–water partition coefficient (Wildman–Crippen LogP) is 4.82. The number of aliphatic imine (C=N–C) groups is 1. The van der Waals surface area contributed by atoms with E-state index in [1.165, 1.54) is 11.1 Å². The molecule has 0 aliphatic carbocycles. The SMILES string of the molecule is c1ccc(CC2N=C(c3ccccc3)OC2c2ccccc2)cc1. The Labute approximate surface area is 142 Å². The van der Waals surface area contributed by atoms with Crippen molar-refractivity contribution < 1.29 is 4.74 Å². The smallest absolute Gasteiger partial charge is 0.217 e. The highest BCUT2D eigenvalue weighted by atomic mass is 16.5. The van der Waals surface area contributed by atoms with Gasteiger partial charge in [0.05, 0.1) is 6.04 Å². The first kappa shape index (κ1) is 14.7. The second-order valence-corrected chi connectivity index (χ2v) is 6.01. The number of ether oxygens (including phenoxy) is 1. The molecule has 1 heterocycles. The maximum absolute atomic E-state index is 6.27. The summed E-state index contributed by atoms with van der Waals surface area (Å²) >= 11 is 0. The summed E-state index contributed by atoms with van der Waals surface area (Å²) in [5.74, 6) is 0.741. The maximum atomic E-state index is 6.27. The summed E-state index contributed by atoms with van der Waals surface area (Å²) in [6.45, 7) is 0. The molecule has 0 amide bonds. The van der Waals surface area contributed by atoms with E-state index in [0.717, 1.165) is 17.9 Å². The summed E-state index contributed by atoms with van der Waals surface area (Å²) in [4.78, 5) is 4.91. The lowest BCUT2D eigenvalue weighted by Crippen LogP contribution is -2.16. The van der Waals surface area contributed by atoms with Gasteiger partial charge in [0.15, 0.2) is 0 Å². The topological polar surface area (TPSA) is 21.6 Å². The third kappa shape index (κ3) is 3.09. The fourth-order valence-corrected chi connectivity index (χ4v) is 3.11. The summed E-state index contributed by atoms with van der Waals surface area (Å²) in [6, 6.07) is 31.1. The lowest BCUT2D eigenvalue weighted by Gasteiger charge is -2.18. The van der Waals surface area contributed by atoms with Gasteiger partial charge in [-0.3, -0.25) is 0 Å². The van der Waals surface area contributed by atoms with E-state index < -0.39 is 0 Å². The van der Waals surface area contributed by atoms with Crippen LogP contribution in [0, 0.1) is 0 Å². The van der Waals surface area contributed by atoms with Crippen molar-refractivity contribution in [1.82, 2.24) is 0 Å². The van der Waals surface area contributed by atoms with Crippen LogP contribution in [-0.4, -0.2) is 11.9 Å². The first-order valence-electron chi connectivity index (χ1n) is 8.29. The molecule has 0 bridgehead atoms. The lowest BCUT2D eigenvalue weighted by atomic mass is 9.97. The summed E-state index contributed by atoms with van der Waals surface area (Å²) < 4.78 is 6.27. The van der Waals surface area contributed by atoms with Crippen molar-refractivity contribution >= 4 is 5.90 Å². The van der Waals surface area contributed by atoms with Gasteiger partial charge in [-0.05, 0) is 29.7 Å². The molecule has 0 N–H and O–H groups in total. The average Bonchev–Trinajstić information content (AvgIpc) is 3.08. The van der Waals surface area contributed by atoms with Crippen molar-refractivity contribution in [1.29, 1.82) is 0 Å². The minimum atomic E-state index is -0.0402. The normalized spacial score (nSPS) is 19.6. The van der Waals surface area contributed by atoms with Crippen LogP contribution in [0.1, 0.15) is 22.8 Å². The van der Waals surface area contributed by atoms with Crippen LogP contribution in [-0.2, 0) is 11.2 Å². The Morgan fingerprint density at radius 3 is 1.96 bits per heavy atom. The van der Waals surface area contributed by atoms with Gasteiger partial charge in [0, 0.05) is 5.56 Å². The zero-order valence-corrected chi connectivity index (χ0v) is 13.4. The van der Waals surface area contributed by atoms with Crippen LogP contribution in [0.3, 0.4) is 0 Å². The van der Waals surface area contributed by atoms with Crippen molar-refractivity contribution in [3.63, 3.8) is 0 Å². The van der Waals surface area contributed by atoms with Crippen LogP contribution in [0.25, 0.3) is 0 Å². The molecular formula is C22H19NO. The van der Waals surface area contributed by atoms with Crippen LogP contribution >= 0.6 is 0 Å². The molecule has 2 nitrogen and oxygen atoms in total. The first-order chi connectivity index (χ1) is 11.9. The van der Waals surface area contributed by atoms with E-state index in [-0.39, 0.29) is 12.1 Å². The number of hydrogen-bond donors (Lipinski definition) is 0. The van der Waals surface area contributed by atoms with E-state index >= 15 is 0 Å². The largest absolute Gasteiger partial charge is 0.467 e. The quantitative estimate of drug-likeness (QED) is 0.677. The number of benzene rings is 3. The average molecular weight is 313 g/mol. The Morgan fingerprint density at radius 2 is 1.29 bits per heavy atom. The van der Waals surface area contributed by atoms with E-state index in [1.54, 1.807) is 0 Å². The third-order valence-electron chi connectivity index (χ3n) is 4.31. The van der Waals surface area contributed by atoms with Gasteiger partial charge in [-0.2, -0.15) is 0 Å². The molecule has 0 radical (unpaired) electrons. The monoisotopic (exact) mass is 313 g/mol. The van der Waals surface area contributed by atoms with Crippen molar-refractivity contribution in [2.24, 2.45) is 4.99 Å². The van der Waals surface area contributed by atoms with Crippen LogP contribution in [0.5, 0.6) is 0 Å². The molecule has 24 heavy (non-hydrogen) atoms.